The molecule has 2 nitrogen and oxygen atoms in total. The fourth-order valence-corrected chi connectivity index (χ4v) is 5.59. The third-order valence-electron chi connectivity index (χ3n) is 7.89. The summed E-state index contributed by atoms with van der Waals surface area (Å²) in [5.41, 5.74) is 2.90. The quantitative estimate of drug-likeness (QED) is 0.150. The Kier molecular flexibility index (Phi) is 16.5. The summed E-state index contributed by atoms with van der Waals surface area (Å²) in [6, 6.07) is 7.45. The van der Waals surface area contributed by atoms with Crippen LogP contribution in [0.4, 0.5) is 0 Å². The summed E-state index contributed by atoms with van der Waals surface area (Å²) in [4.78, 5) is 26.7. The van der Waals surface area contributed by atoms with Crippen LogP contribution in [0.3, 0.4) is 0 Å². The molecule has 0 atom stereocenters. The number of ketones is 2. The van der Waals surface area contributed by atoms with Gasteiger partial charge in [0.25, 0.3) is 0 Å². The van der Waals surface area contributed by atoms with E-state index in [0.717, 1.165) is 49.7 Å². The van der Waals surface area contributed by atoms with Crippen LogP contribution in [0.2, 0.25) is 0 Å². The van der Waals surface area contributed by atoms with Gasteiger partial charge in [0.2, 0.25) is 0 Å². The molecule has 0 amide bonds. The number of hydrogen-bond acceptors (Lipinski definition) is 2. The molecule has 1 aliphatic rings. The van der Waals surface area contributed by atoms with E-state index in [1.54, 1.807) is 0 Å². The van der Waals surface area contributed by atoms with E-state index in [1.165, 1.54) is 103 Å². The number of Topliss-reactive ketones (excluding diaryl/α,β-unsaturated/α-hetero) is 2. The van der Waals surface area contributed by atoms with E-state index in [1.807, 2.05) is 24.3 Å². The van der Waals surface area contributed by atoms with Crippen molar-refractivity contribution in [2.75, 3.05) is 0 Å². The first-order valence-electron chi connectivity index (χ1n) is 15.6. The number of benzene rings is 1. The van der Waals surface area contributed by atoms with Crippen molar-refractivity contribution in [1.82, 2.24) is 0 Å². The van der Waals surface area contributed by atoms with Crippen LogP contribution < -0.4 is 0 Å². The molecule has 0 heterocycles. The van der Waals surface area contributed by atoms with Gasteiger partial charge >= 0.3 is 0 Å². The van der Waals surface area contributed by atoms with Crippen LogP contribution in [0.25, 0.3) is 0 Å². The molecule has 2 heteroatoms. The van der Waals surface area contributed by atoms with Crippen LogP contribution in [-0.2, 0) is 0 Å². The van der Waals surface area contributed by atoms with Crippen molar-refractivity contribution in [1.29, 1.82) is 0 Å². The lowest BCUT2D eigenvalue weighted by atomic mass is 9.80. The average molecular weight is 495 g/mol. The summed E-state index contributed by atoms with van der Waals surface area (Å²) in [5, 5.41) is 0. The molecule has 202 valence electrons. The summed E-state index contributed by atoms with van der Waals surface area (Å²) in [5.74, 6) is 0.228. The van der Waals surface area contributed by atoms with Crippen LogP contribution in [0, 0.1) is 0 Å². The van der Waals surface area contributed by atoms with E-state index in [9.17, 15) is 9.59 Å². The molecule has 0 unspecified atom stereocenters. The van der Waals surface area contributed by atoms with Crippen molar-refractivity contribution in [3.05, 3.63) is 46.5 Å². The molecule has 0 N–H and O–H groups in total. The van der Waals surface area contributed by atoms with Crippen LogP contribution in [0.5, 0.6) is 0 Å². The van der Waals surface area contributed by atoms with E-state index >= 15 is 0 Å². The number of rotatable bonds is 22. The Hall–Kier alpha value is -1.70. The molecule has 2 rings (SSSR count). The molecule has 0 radical (unpaired) electrons. The maximum Gasteiger partial charge on any atom is 0.190 e. The number of fused-ring (bicyclic) bond motifs is 1. The highest BCUT2D eigenvalue weighted by Crippen LogP contribution is 2.32. The standard InChI is InChI=1S/C34H54O2/c1-3-5-7-9-11-13-15-17-19-21-25-29-30(26-22-20-18-16-14-12-10-8-6-4-2)34(36)32-28-24-23-27-31(32)33(29)35/h23-24,27-28H,3-22,25-26H2,1-2H3. The third-order valence-corrected chi connectivity index (χ3v) is 7.89. The van der Waals surface area contributed by atoms with Gasteiger partial charge in [-0.05, 0) is 25.7 Å². The van der Waals surface area contributed by atoms with Gasteiger partial charge in [0.15, 0.2) is 11.6 Å². The maximum atomic E-state index is 13.3. The summed E-state index contributed by atoms with van der Waals surface area (Å²) < 4.78 is 0. The zero-order valence-electron chi connectivity index (χ0n) is 23.7. The maximum absolute atomic E-state index is 13.3. The number of hydrogen-bond donors (Lipinski definition) is 0. The second-order valence-electron chi connectivity index (χ2n) is 11.0. The highest BCUT2D eigenvalue weighted by atomic mass is 16.1. The molecule has 1 aromatic rings. The smallest absolute Gasteiger partial charge is 0.190 e. The van der Waals surface area contributed by atoms with Crippen molar-refractivity contribution in [2.45, 2.75) is 155 Å². The highest BCUT2D eigenvalue weighted by Gasteiger charge is 2.30. The summed E-state index contributed by atoms with van der Waals surface area (Å²) in [6.45, 7) is 4.53. The predicted octanol–water partition coefficient (Wildman–Crippen LogP) is 11.0. The average Bonchev–Trinajstić information content (AvgIpc) is 2.90. The van der Waals surface area contributed by atoms with Crippen LogP contribution in [0.15, 0.2) is 35.4 Å². The Labute approximate surface area is 222 Å². The fourth-order valence-electron chi connectivity index (χ4n) is 5.59. The SMILES string of the molecule is CCCCCCCCCCCCC1=C(CCCCCCCCCCCC)C(=O)c2ccccc2C1=O. The van der Waals surface area contributed by atoms with E-state index in [0.29, 0.717) is 11.1 Å². The molecule has 0 saturated heterocycles. The molecular formula is C34H54O2. The largest absolute Gasteiger partial charge is 0.289 e. The Balaban J connectivity index is 1.78. The predicted molar refractivity (Wildman–Crippen MR) is 155 cm³/mol. The first kappa shape index (κ1) is 30.5. The van der Waals surface area contributed by atoms with Crippen molar-refractivity contribution in [3.63, 3.8) is 0 Å². The minimum Gasteiger partial charge on any atom is -0.289 e. The Morgan fingerprint density at radius 2 is 0.694 bits per heavy atom. The van der Waals surface area contributed by atoms with E-state index in [-0.39, 0.29) is 11.6 Å². The molecule has 36 heavy (non-hydrogen) atoms. The number of unbranched alkanes of at least 4 members (excludes halogenated alkanes) is 18. The van der Waals surface area contributed by atoms with Gasteiger partial charge in [0.1, 0.15) is 0 Å². The van der Waals surface area contributed by atoms with Gasteiger partial charge in [-0.15, -0.1) is 0 Å². The van der Waals surface area contributed by atoms with Gasteiger partial charge < -0.3 is 0 Å². The number of carbonyl (C=O) groups is 2. The molecule has 0 aromatic heterocycles. The van der Waals surface area contributed by atoms with Gasteiger partial charge in [0, 0.05) is 22.3 Å². The lowest BCUT2D eigenvalue weighted by Gasteiger charge is -2.21. The zero-order chi connectivity index (χ0) is 25.8. The van der Waals surface area contributed by atoms with E-state index in [2.05, 4.69) is 13.8 Å². The van der Waals surface area contributed by atoms with Gasteiger partial charge in [0.05, 0.1) is 0 Å². The molecule has 1 aromatic carbocycles. The van der Waals surface area contributed by atoms with Gasteiger partial charge in [-0.2, -0.15) is 0 Å². The van der Waals surface area contributed by atoms with Crippen LogP contribution in [0.1, 0.15) is 176 Å². The first-order valence-corrected chi connectivity index (χ1v) is 15.6. The first-order chi connectivity index (χ1) is 17.7. The lowest BCUT2D eigenvalue weighted by molar-refractivity contribution is 0.0968. The topological polar surface area (TPSA) is 34.1 Å². The Morgan fingerprint density at radius 1 is 0.417 bits per heavy atom. The fraction of sp³-hybridized carbons (Fsp3) is 0.706. The summed E-state index contributed by atoms with van der Waals surface area (Å²) in [6.07, 6.45) is 27.2. The molecule has 0 aliphatic heterocycles. The lowest BCUT2D eigenvalue weighted by Crippen LogP contribution is -2.22. The second kappa shape index (κ2) is 19.4. The van der Waals surface area contributed by atoms with Gasteiger partial charge in [-0.1, -0.05) is 154 Å². The minimum atomic E-state index is 0.114. The Bertz CT molecular complexity index is 723. The Morgan fingerprint density at radius 3 is 1.00 bits per heavy atom. The summed E-state index contributed by atoms with van der Waals surface area (Å²) >= 11 is 0. The van der Waals surface area contributed by atoms with E-state index in [4.69, 9.17) is 0 Å². The molecule has 0 saturated carbocycles. The van der Waals surface area contributed by atoms with Crippen molar-refractivity contribution < 1.29 is 9.59 Å². The number of allylic oxidation sites excluding steroid dienone is 2. The highest BCUT2D eigenvalue weighted by molar-refractivity contribution is 6.26. The minimum absolute atomic E-state index is 0.114. The molecule has 1 aliphatic carbocycles. The van der Waals surface area contributed by atoms with Crippen molar-refractivity contribution >= 4 is 11.6 Å². The molecule has 0 bridgehead atoms. The van der Waals surface area contributed by atoms with Gasteiger partial charge in [-0.25, -0.2) is 0 Å². The summed E-state index contributed by atoms with van der Waals surface area (Å²) in [7, 11) is 0. The zero-order valence-corrected chi connectivity index (χ0v) is 23.7. The molecule has 0 spiro atoms. The molecular weight excluding hydrogens is 440 g/mol. The van der Waals surface area contributed by atoms with Crippen molar-refractivity contribution in [2.24, 2.45) is 0 Å². The normalized spacial score (nSPS) is 13.5. The third kappa shape index (κ3) is 11.1. The van der Waals surface area contributed by atoms with Crippen LogP contribution in [-0.4, -0.2) is 11.6 Å². The van der Waals surface area contributed by atoms with Gasteiger partial charge in [-0.3, -0.25) is 9.59 Å². The monoisotopic (exact) mass is 494 g/mol. The van der Waals surface area contributed by atoms with Crippen molar-refractivity contribution in [3.8, 4) is 0 Å². The second-order valence-corrected chi connectivity index (χ2v) is 11.0. The van der Waals surface area contributed by atoms with E-state index < -0.39 is 0 Å². The molecule has 0 fully saturated rings. The number of carbonyl (C=O) groups excluding carboxylic acids is 2. The van der Waals surface area contributed by atoms with Crippen LogP contribution >= 0.6 is 0 Å².